The highest BCUT2D eigenvalue weighted by atomic mass is 16.5. The summed E-state index contributed by atoms with van der Waals surface area (Å²) in [7, 11) is 1.63. The Bertz CT molecular complexity index is 1380. The van der Waals surface area contributed by atoms with Gasteiger partial charge in [0.25, 0.3) is 5.91 Å². The average molecular weight is 458 g/mol. The highest BCUT2D eigenvalue weighted by Crippen LogP contribution is 2.36. The quantitative estimate of drug-likeness (QED) is 0.409. The molecular weight excluding hydrogens is 436 g/mol. The minimum absolute atomic E-state index is 0.129. The maximum atomic E-state index is 12.5. The van der Waals surface area contributed by atoms with Crippen LogP contribution in [-0.4, -0.2) is 53.3 Å². The van der Waals surface area contributed by atoms with Crippen molar-refractivity contribution in [3.8, 4) is 34.0 Å². The van der Waals surface area contributed by atoms with Crippen molar-refractivity contribution in [2.24, 2.45) is 0 Å². The summed E-state index contributed by atoms with van der Waals surface area (Å²) in [6.07, 6.45) is 1.71. The van der Waals surface area contributed by atoms with Crippen LogP contribution in [-0.2, 0) is 14.3 Å². The number of hydrogen-bond donors (Lipinski definition) is 0. The standard InChI is InChI=1S/C25H22N4O5/c1-3-33-25(31)14-28-21-12-17(6-9-22(21)34-15-24(28)30)20-10-11-26-23-13-19(27-29(20)23)16-4-7-18(32-2)8-5-16/h4-13H,3,14-15H2,1-2H3. The lowest BCUT2D eigenvalue weighted by Crippen LogP contribution is -2.42. The lowest BCUT2D eigenvalue weighted by atomic mass is 10.1. The van der Waals surface area contributed by atoms with Crippen LogP contribution in [0.25, 0.3) is 28.2 Å². The highest BCUT2D eigenvalue weighted by molar-refractivity contribution is 6.02. The van der Waals surface area contributed by atoms with Crippen LogP contribution in [0.4, 0.5) is 5.69 Å². The summed E-state index contributed by atoms with van der Waals surface area (Å²) >= 11 is 0. The molecule has 0 saturated heterocycles. The van der Waals surface area contributed by atoms with Gasteiger partial charge in [-0.3, -0.25) is 14.5 Å². The van der Waals surface area contributed by atoms with Crippen LogP contribution < -0.4 is 14.4 Å². The van der Waals surface area contributed by atoms with E-state index in [0.717, 1.165) is 28.3 Å². The van der Waals surface area contributed by atoms with Gasteiger partial charge in [-0.05, 0) is 55.5 Å². The molecule has 9 nitrogen and oxygen atoms in total. The zero-order valence-corrected chi connectivity index (χ0v) is 18.7. The molecule has 0 bridgehead atoms. The molecule has 0 aliphatic carbocycles. The number of amides is 1. The molecule has 172 valence electrons. The predicted octanol–water partition coefficient (Wildman–Crippen LogP) is 3.36. The van der Waals surface area contributed by atoms with Gasteiger partial charge >= 0.3 is 5.97 Å². The van der Waals surface area contributed by atoms with Gasteiger partial charge in [-0.25, -0.2) is 9.50 Å². The molecule has 1 amide bonds. The fourth-order valence-electron chi connectivity index (χ4n) is 3.89. The van der Waals surface area contributed by atoms with Crippen LogP contribution in [0.3, 0.4) is 0 Å². The Labute approximate surface area is 195 Å². The molecular formula is C25H22N4O5. The van der Waals surface area contributed by atoms with Gasteiger partial charge in [0.2, 0.25) is 0 Å². The average Bonchev–Trinajstić information content (AvgIpc) is 3.30. The van der Waals surface area contributed by atoms with E-state index in [9.17, 15) is 9.59 Å². The van der Waals surface area contributed by atoms with E-state index < -0.39 is 5.97 Å². The number of aromatic nitrogens is 3. The molecule has 0 unspecified atom stereocenters. The largest absolute Gasteiger partial charge is 0.497 e. The summed E-state index contributed by atoms with van der Waals surface area (Å²) in [5, 5.41) is 4.76. The van der Waals surface area contributed by atoms with Crippen LogP contribution in [0.15, 0.2) is 60.8 Å². The minimum Gasteiger partial charge on any atom is -0.497 e. The van der Waals surface area contributed by atoms with Gasteiger partial charge in [-0.15, -0.1) is 0 Å². The number of ether oxygens (including phenoxy) is 3. The summed E-state index contributed by atoms with van der Waals surface area (Å²) in [4.78, 5) is 30.4. The van der Waals surface area contributed by atoms with E-state index in [1.165, 1.54) is 4.90 Å². The van der Waals surface area contributed by atoms with E-state index in [2.05, 4.69) is 4.98 Å². The SMILES string of the molecule is CCOC(=O)CN1C(=O)COc2ccc(-c3ccnc4cc(-c5ccc(OC)cc5)nn34)cc21. The number of carbonyl (C=O) groups excluding carboxylic acids is 2. The van der Waals surface area contributed by atoms with Gasteiger partial charge in [-0.1, -0.05) is 0 Å². The number of methoxy groups -OCH3 is 1. The number of anilines is 1. The Morgan fingerprint density at radius 1 is 1.09 bits per heavy atom. The van der Waals surface area contributed by atoms with E-state index in [4.69, 9.17) is 19.3 Å². The lowest BCUT2D eigenvalue weighted by molar-refractivity contribution is -0.142. The van der Waals surface area contributed by atoms with Crippen molar-refractivity contribution in [1.29, 1.82) is 0 Å². The molecule has 4 aromatic rings. The first-order chi connectivity index (χ1) is 16.6. The Morgan fingerprint density at radius 3 is 2.65 bits per heavy atom. The Morgan fingerprint density at radius 2 is 1.88 bits per heavy atom. The van der Waals surface area contributed by atoms with Gasteiger partial charge in [0, 0.05) is 23.4 Å². The molecule has 0 saturated carbocycles. The maximum absolute atomic E-state index is 12.5. The fourth-order valence-corrected chi connectivity index (χ4v) is 3.89. The summed E-state index contributed by atoms with van der Waals surface area (Å²) in [6.45, 7) is 1.66. The van der Waals surface area contributed by atoms with Gasteiger partial charge in [0.05, 0.1) is 30.8 Å². The number of hydrogen-bond acceptors (Lipinski definition) is 7. The van der Waals surface area contributed by atoms with Gasteiger partial charge in [0.1, 0.15) is 18.0 Å². The van der Waals surface area contributed by atoms with Crippen molar-refractivity contribution in [1.82, 2.24) is 14.6 Å². The van der Waals surface area contributed by atoms with E-state index in [1.807, 2.05) is 48.5 Å². The topological polar surface area (TPSA) is 95.3 Å². The number of nitrogens with zero attached hydrogens (tertiary/aromatic N) is 4. The summed E-state index contributed by atoms with van der Waals surface area (Å²) in [5.74, 6) is 0.511. The second-order valence-electron chi connectivity index (χ2n) is 7.61. The molecule has 3 heterocycles. The summed E-state index contributed by atoms with van der Waals surface area (Å²) in [6, 6.07) is 16.9. The summed E-state index contributed by atoms with van der Waals surface area (Å²) < 4.78 is 17.6. The maximum Gasteiger partial charge on any atom is 0.326 e. The monoisotopic (exact) mass is 458 g/mol. The normalized spacial score (nSPS) is 12.9. The van der Waals surface area contributed by atoms with Crippen LogP contribution in [0.2, 0.25) is 0 Å². The molecule has 5 rings (SSSR count). The van der Waals surface area contributed by atoms with Crippen molar-refractivity contribution in [3.05, 3.63) is 60.8 Å². The molecule has 0 spiro atoms. The van der Waals surface area contributed by atoms with Gasteiger partial charge < -0.3 is 14.2 Å². The Kier molecular flexibility index (Phi) is 5.59. The van der Waals surface area contributed by atoms with E-state index in [-0.39, 0.29) is 25.7 Å². The van der Waals surface area contributed by atoms with E-state index >= 15 is 0 Å². The van der Waals surface area contributed by atoms with Crippen molar-refractivity contribution in [3.63, 3.8) is 0 Å². The number of rotatable bonds is 6. The number of esters is 1. The first-order valence-corrected chi connectivity index (χ1v) is 10.8. The van der Waals surface area contributed by atoms with Crippen molar-refractivity contribution in [2.75, 3.05) is 31.8 Å². The van der Waals surface area contributed by atoms with Crippen LogP contribution in [0.1, 0.15) is 6.92 Å². The first kappa shape index (κ1) is 21.4. The molecule has 1 aliphatic heterocycles. The third-order valence-electron chi connectivity index (χ3n) is 5.53. The van der Waals surface area contributed by atoms with Crippen LogP contribution >= 0.6 is 0 Å². The molecule has 9 heteroatoms. The molecule has 34 heavy (non-hydrogen) atoms. The highest BCUT2D eigenvalue weighted by Gasteiger charge is 2.28. The fraction of sp³-hybridized carbons (Fsp3) is 0.200. The number of fused-ring (bicyclic) bond motifs is 2. The molecule has 0 N–H and O–H groups in total. The van der Waals surface area contributed by atoms with Crippen molar-refractivity contribution < 1.29 is 23.8 Å². The minimum atomic E-state index is -0.475. The predicted molar refractivity (Wildman–Crippen MR) is 125 cm³/mol. The molecule has 2 aromatic heterocycles. The molecule has 0 atom stereocenters. The lowest BCUT2D eigenvalue weighted by Gasteiger charge is -2.29. The van der Waals surface area contributed by atoms with Crippen molar-refractivity contribution >= 4 is 23.2 Å². The zero-order valence-electron chi connectivity index (χ0n) is 18.7. The number of benzene rings is 2. The van der Waals surface area contributed by atoms with E-state index in [1.54, 1.807) is 30.8 Å². The second-order valence-corrected chi connectivity index (χ2v) is 7.61. The first-order valence-electron chi connectivity index (χ1n) is 10.8. The molecule has 0 fully saturated rings. The molecule has 0 radical (unpaired) electrons. The molecule has 2 aromatic carbocycles. The Balaban J connectivity index is 1.55. The zero-order chi connectivity index (χ0) is 23.7. The van der Waals surface area contributed by atoms with Gasteiger partial charge in [0.15, 0.2) is 12.3 Å². The third kappa shape index (κ3) is 3.92. The Hall–Kier alpha value is -4.40. The molecule has 1 aliphatic rings. The summed E-state index contributed by atoms with van der Waals surface area (Å²) in [5.41, 5.74) is 4.46. The second kappa shape index (κ2) is 8.86. The third-order valence-corrected chi connectivity index (χ3v) is 5.53. The number of carbonyl (C=O) groups is 2. The van der Waals surface area contributed by atoms with E-state index in [0.29, 0.717) is 17.1 Å². The van der Waals surface area contributed by atoms with Gasteiger partial charge in [-0.2, -0.15) is 5.10 Å². The van der Waals surface area contributed by atoms with Crippen molar-refractivity contribution in [2.45, 2.75) is 6.92 Å². The van der Waals surface area contributed by atoms with Crippen LogP contribution in [0, 0.1) is 0 Å². The smallest absolute Gasteiger partial charge is 0.326 e. The van der Waals surface area contributed by atoms with Crippen LogP contribution in [0.5, 0.6) is 11.5 Å².